The lowest BCUT2D eigenvalue weighted by molar-refractivity contribution is 0.0181. The summed E-state index contributed by atoms with van der Waals surface area (Å²) in [5, 5.41) is 0. The van der Waals surface area contributed by atoms with Crippen LogP contribution in [0.25, 0.3) is 0 Å². The van der Waals surface area contributed by atoms with Gasteiger partial charge in [0.1, 0.15) is 6.61 Å². The van der Waals surface area contributed by atoms with E-state index in [1.807, 2.05) is 20.8 Å². The number of ether oxygens (including phenoxy) is 1. The van der Waals surface area contributed by atoms with Crippen molar-refractivity contribution in [2.75, 3.05) is 6.61 Å². The van der Waals surface area contributed by atoms with Crippen LogP contribution in [0.4, 0.5) is 0 Å². The maximum absolute atomic E-state index is 9.53. The molecule has 0 aromatic heterocycles. The van der Waals surface area contributed by atoms with Crippen molar-refractivity contribution in [2.24, 2.45) is 4.99 Å². The molecule has 0 bridgehead atoms. The first-order valence-corrected chi connectivity index (χ1v) is 3.25. The zero-order valence-electron chi connectivity index (χ0n) is 6.97. The SMILES string of the molecule is CC(C)(C)OCC#CN=C=O. The average Bonchev–Trinajstić information content (AvgIpc) is 1.85. The summed E-state index contributed by atoms with van der Waals surface area (Å²) in [4.78, 5) is 12.6. The molecule has 0 unspecified atom stereocenters. The van der Waals surface area contributed by atoms with E-state index in [0.29, 0.717) is 0 Å². The van der Waals surface area contributed by atoms with Crippen molar-refractivity contribution < 1.29 is 9.53 Å². The molecular formula is C8H11NO2. The average molecular weight is 153 g/mol. The quantitative estimate of drug-likeness (QED) is 0.321. The van der Waals surface area contributed by atoms with Gasteiger partial charge in [-0.2, -0.15) is 0 Å². The zero-order chi connectivity index (χ0) is 8.74. The third-order valence-corrected chi connectivity index (χ3v) is 0.758. The monoisotopic (exact) mass is 153 g/mol. The number of hydrogen-bond donors (Lipinski definition) is 0. The summed E-state index contributed by atoms with van der Waals surface area (Å²) in [6.45, 7) is 6.07. The van der Waals surface area contributed by atoms with Gasteiger partial charge in [0.05, 0.1) is 5.60 Å². The fraction of sp³-hybridized carbons (Fsp3) is 0.625. The number of rotatable bonds is 1. The normalized spacial score (nSPS) is 9.36. The Bertz CT molecular complexity index is 210. The standard InChI is InChI=1S/C8H11NO2/c1-8(2,3)11-6-4-5-9-7-10/h6H2,1-3H3. The van der Waals surface area contributed by atoms with Crippen LogP contribution in [0.1, 0.15) is 20.8 Å². The molecule has 3 nitrogen and oxygen atoms in total. The summed E-state index contributed by atoms with van der Waals surface area (Å²) in [7, 11) is 0. The third kappa shape index (κ3) is 8.90. The van der Waals surface area contributed by atoms with Gasteiger partial charge in [-0.3, -0.25) is 0 Å². The van der Waals surface area contributed by atoms with Crippen LogP contribution in [0, 0.1) is 12.0 Å². The summed E-state index contributed by atoms with van der Waals surface area (Å²) in [6, 6.07) is 2.23. The van der Waals surface area contributed by atoms with Crippen LogP contribution < -0.4 is 0 Å². The lowest BCUT2D eigenvalue weighted by Crippen LogP contribution is -2.18. The minimum absolute atomic E-state index is 0.195. The van der Waals surface area contributed by atoms with Crippen molar-refractivity contribution in [1.82, 2.24) is 0 Å². The van der Waals surface area contributed by atoms with Gasteiger partial charge in [0.25, 0.3) is 0 Å². The highest BCUT2D eigenvalue weighted by Crippen LogP contribution is 2.04. The van der Waals surface area contributed by atoms with Crippen LogP contribution in [0.2, 0.25) is 0 Å². The van der Waals surface area contributed by atoms with Gasteiger partial charge in [0, 0.05) is 6.04 Å². The van der Waals surface area contributed by atoms with Gasteiger partial charge in [0.2, 0.25) is 6.08 Å². The van der Waals surface area contributed by atoms with E-state index < -0.39 is 0 Å². The Hall–Kier alpha value is -1.10. The summed E-state index contributed by atoms with van der Waals surface area (Å²) in [5.41, 5.74) is -0.195. The van der Waals surface area contributed by atoms with Gasteiger partial charge in [-0.1, -0.05) is 0 Å². The molecule has 0 radical (unpaired) electrons. The molecule has 0 fully saturated rings. The molecule has 0 amide bonds. The highest BCUT2D eigenvalue weighted by Gasteiger charge is 2.07. The summed E-state index contributed by atoms with van der Waals surface area (Å²) >= 11 is 0. The van der Waals surface area contributed by atoms with Gasteiger partial charge in [-0.05, 0) is 26.7 Å². The molecule has 0 atom stereocenters. The molecule has 0 aliphatic rings. The predicted octanol–water partition coefficient (Wildman–Crippen LogP) is 1.10. The van der Waals surface area contributed by atoms with Crippen LogP contribution in [0.3, 0.4) is 0 Å². The van der Waals surface area contributed by atoms with E-state index in [4.69, 9.17) is 4.74 Å². The lowest BCUT2D eigenvalue weighted by atomic mass is 10.2. The van der Waals surface area contributed by atoms with Crippen LogP contribution >= 0.6 is 0 Å². The van der Waals surface area contributed by atoms with E-state index >= 15 is 0 Å². The largest absolute Gasteiger partial charge is 0.363 e. The summed E-state index contributed by atoms with van der Waals surface area (Å²) in [6.07, 6.45) is 1.31. The predicted molar refractivity (Wildman–Crippen MR) is 41.6 cm³/mol. The van der Waals surface area contributed by atoms with Gasteiger partial charge in [0.15, 0.2) is 0 Å². The summed E-state index contributed by atoms with van der Waals surface area (Å²) in [5.74, 6) is 2.54. The molecule has 0 saturated heterocycles. The number of carbonyl (C=O) groups excluding carboxylic acids is 1. The molecule has 0 aliphatic heterocycles. The van der Waals surface area contributed by atoms with E-state index in [-0.39, 0.29) is 12.2 Å². The second-order valence-corrected chi connectivity index (χ2v) is 2.89. The van der Waals surface area contributed by atoms with E-state index in [1.165, 1.54) is 6.08 Å². The smallest absolute Gasteiger partial charge is 0.249 e. The van der Waals surface area contributed by atoms with Crippen LogP contribution in [0.15, 0.2) is 4.99 Å². The fourth-order valence-electron chi connectivity index (χ4n) is 0.347. The first-order valence-electron chi connectivity index (χ1n) is 3.25. The van der Waals surface area contributed by atoms with Gasteiger partial charge < -0.3 is 4.74 Å². The van der Waals surface area contributed by atoms with Gasteiger partial charge in [-0.25, -0.2) is 4.79 Å². The molecular weight excluding hydrogens is 142 g/mol. The second-order valence-electron chi connectivity index (χ2n) is 2.89. The van der Waals surface area contributed by atoms with Crippen molar-refractivity contribution >= 4 is 6.08 Å². The maximum Gasteiger partial charge on any atom is 0.249 e. The summed E-state index contributed by atoms with van der Waals surface area (Å²) < 4.78 is 5.21. The van der Waals surface area contributed by atoms with Gasteiger partial charge in [-0.15, -0.1) is 4.99 Å². The molecule has 0 N–H and O–H groups in total. The highest BCUT2D eigenvalue weighted by atomic mass is 16.5. The number of aliphatic imine (C=N–C) groups is 1. The van der Waals surface area contributed by atoms with Crippen LogP contribution in [-0.2, 0) is 9.53 Å². The van der Waals surface area contributed by atoms with Crippen molar-refractivity contribution in [3.63, 3.8) is 0 Å². The van der Waals surface area contributed by atoms with Crippen molar-refractivity contribution in [3.8, 4) is 12.0 Å². The number of isocyanates is 1. The van der Waals surface area contributed by atoms with Crippen LogP contribution in [0.5, 0.6) is 0 Å². The first kappa shape index (κ1) is 9.90. The molecule has 0 aliphatic carbocycles. The zero-order valence-corrected chi connectivity index (χ0v) is 6.97. The van der Waals surface area contributed by atoms with E-state index in [1.54, 1.807) is 0 Å². The molecule has 60 valence electrons. The van der Waals surface area contributed by atoms with E-state index in [0.717, 1.165) is 0 Å². The maximum atomic E-state index is 9.53. The minimum atomic E-state index is -0.195. The van der Waals surface area contributed by atoms with Gasteiger partial charge >= 0.3 is 0 Å². The number of hydrogen-bond acceptors (Lipinski definition) is 3. The Kier molecular flexibility index (Phi) is 4.21. The fourth-order valence-corrected chi connectivity index (χ4v) is 0.347. The molecule has 3 heteroatoms. The molecule has 11 heavy (non-hydrogen) atoms. The molecule has 0 aromatic rings. The Labute approximate surface area is 66.5 Å². The Morgan fingerprint density at radius 2 is 2.09 bits per heavy atom. The topological polar surface area (TPSA) is 38.7 Å². The lowest BCUT2D eigenvalue weighted by Gasteiger charge is -2.16. The number of nitrogens with zero attached hydrogens (tertiary/aromatic N) is 1. The molecule has 0 saturated carbocycles. The Balaban J connectivity index is 3.60. The van der Waals surface area contributed by atoms with Crippen LogP contribution in [-0.4, -0.2) is 18.3 Å². The van der Waals surface area contributed by atoms with E-state index in [2.05, 4.69) is 17.0 Å². The molecule has 0 spiro atoms. The Morgan fingerprint density at radius 3 is 2.55 bits per heavy atom. The first-order chi connectivity index (χ1) is 5.06. The highest BCUT2D eigenvalue weighted by molar-refractivity contribution is 5.36. The second kappa shape index (κ2) is 4.68. The van der Waals surface area contributed by atoms with Crippen molar-refractivity contribution in [2.45, 2.75) is 26.4 Å². The third-order valence-electron chi connectivity index (χ3n) is 0.758. The Morgan fingerprint density at radius 1 is 1.45 bits per heavy atom. The van der Waals surface area contributed by atoms with Crippen molar-refractivity contribution in [3.05, 3.63) is 0 Å². The molecule has 0 heterocycles. The molecule has 0 rings (SSSR count). The molecule has 0 aromatic carbocycles. The van der Waals surface area contributed by atoms with Crippen molar-refractivity contribution in [1.29, 1.82) is 0 Å². The van der Waals surface area contributed by atoms with E-state index in [9.17, 15) is 4.79 Å². The minimum Gasteiger partial charge on any atom is -0.363 e.